The number of aromatic nitrogens is 3. The zero-order valence-corrected chi connectivity index (χ0v) is 11.5. The minimum Gasteiger partial charge on any atom is -0.362 e. The van der Waals surface area contributed by atoms with E-state index in [2.05, 4.69) is 27.2 Å². The molecule has 0 aliphatic carbocycles. The summed E-state index contributed by atoms with van der Waals surface area (Å²) in [6.07, 6.45) is 4.58. The van der Waals surface area contributed by atoms with Gasteiger partial charge in [-0.2, -0.15) is 0 Å². The van der Waals surface area contributed by atoms with E-state index in [-0.39, 0.29) is 0 Å². The summed E-state index contributed by atoms with van der Waals surface area (Å²) in [6.45, 7) is 2.86. The van der Waals surface area contributed by atoms with Crippen LogP contribution in [0, 0.1) is 0 Å². The van der Waals surface area contributed by atoms with E-state index in [1.54, 1.807) is 29.0 Å². The summed E-state index contributed by atoms with van der Waals surface area (Å²) < 4.78 is 1.10. The van der Waals surface area contributed by atoms with Gasteiger partial charge in [0.05, 0.1) is 16.8 Å². The van der Waals surface area contributed by atoms with Gasteiger partial charge in [-0.3, -0.25) is 0 Å². The summed E-state index contributed by atoms with van der Waals surface area (Å²) in [5, 5.41) is 6.46. The monoisotopic (exact) mass is 276 g/mol. The third-order valence-corrected chi connectivity index (χ3v) is 4.65. The minimum atomic E-state index is 0.717. The van der Waals surface area contributed by atoms with Crippen molar-refractivity contribution in [1.29, 1.82) is 0 Å². The molecule has 0 saturated carbocycles. The van der Waals surface area contributed by atoms with Crippen molar-refractivity contribution in [2.75, 3.05) is 5.32 Å². The molecule has 0 unspecified atom stereocenters. The molecule has 0 atom stereocenters. The van der Waals surface area contributed by atoms with E-state index in [1.165, 1.54) is 4.88 Å². The van der Waals surface area contributed by atoms with E-state index in [1.807, 2.05) is 17.6 Å². The van der Waals surface area contributed by atoms with Crippen molar-refractivity contribution < 1.29 is 0 Å². The van der Waals surface area contributed by atoms with Crippen LogP contribution in [-0.2, 0) is 13.0 Å². The minimum absolute atomic E-state index is 0.717. The molecule has 1 N–H and O–H groups in total. The molecule has 0 radical (unpaired) electrons. The van der Waals surface area contributed by atoms with Crippen LogP contribution in [0.15, 0.2) is 24.0 Å². The van der Waals surface area contributed by atoms with Crippen LogP contribution in [0.5, 0.6) is 0 Å². The molecule has 4 nitrogen and oxygen atoms in total. The highest BCUT2D eigenvalue weighted by Gasteiger charge is 2.06. The van der Waals surface area contributed by atoms with Gasteiger partial charge in [0.25, 0.3) is 0 Å². The first-order valence-corrected chi connectivity index (χ1v) is 7.42. The molecule has 3 rings (SSSR count). The Morgan fingerprint density at radius 1 is 1.28 bits per heavy atom. The maximum Gasteiger partial charge on any atom is 0.147 e. The summed E-state index contributed by atoms with van der Waals surface area (Å²) in [7, 11) is 0. The molecule has 18 heavy (non-hydrogen) atoms. The quantitative estimate of drug-likeness (QED) is 0.794. The fraction of sp³-hybridized carbons (Fsp3) is 0.250. The molecule has 3 heterocycles. The van der Waals surface area contributed by atoms with Crippen LogP contribution in [0.2, 0.25) is 0 Å². The van der Waals surface area contributed by atoms with Gasteiger partial charge in [0, 0.05) is 11.1 Å². The van der Waals surface area contributed by atoms with Gasteiger partial charge in [0.1, 0.15) is 17.2 Å². The normalized spacial score (nSPS) is 10.9. The second-order valence-corrected chi connectivity index (χ2v) is 5.90. The SMILES string of the molecule is CCc1cnc(CNc2ncnc3ccsc23)s1. The Labute approximate surface area is 113 Å². The van der Waals surface area contributed by atoms with E-state index < -0.39 is 0 Å². The molecule has 0 aromatic carbocycles. The largest absolute Gasteiger partial charge is 0.362 e. The van der Waals surface area contributed by atoms with Crippen molar-refractivity contribution in [3.63, 3.8) is 0 Å². The number of aryl methyl sites for hydroxylation is 1. The molecule has 0 spiro atoms. The van der Waals surface area contributed by atoms with Gasteiger partial charge in [-0.25, -0.2) is 15.0 Å². The van der Waals surface area contributed by atoms with E-state index in [0.29, 0.717) is 6.54 Å². The maximum atomic E-state index is 4.39. The Hall–Kier alpha value is -1.53. The van der Waals surface area contributed by atoms with Crippen molar-refractivity contribution in [1.82, 2.24) is 15.0 Å². The summed E-state index contributed by atoms with van der Waals surface area (Å²) in [6, 6.07) is 2.01. The van der Waals surface area contributed by atoms with Gasteiger partial charge in [0.15, 0.2) is 0 Å². The van der Waals surface area contributed by atoms with Gasteiger partial charge in [0.2, 0.25) is 0 Å². The Bertz CT molecular complexity index is 659. The molecule has 6 heteroatoms. The Morgan fingerprint density at radius 2 is 2.22 bits per heavy atom. The fourth-order valence-corrected chi connectivity index (χ4v) is 3.28. The van der Waals surface area contributed by atoms with Crippen LogP contribution in [0.25, 0.3) is 10.2 Å². The van der Waals surface area contributed by atoms with Crippen molar-refractivity contribution in [2.45, 2.75) is 19.9 Å². The average molecular weight is 276 g/mol. The number of nitrogens with one attached hydrogen (secondary N) is 1. The Balaban J connectivity index is 1.78. The standard InChI is InChI=1S/C12H12N4S2/c1-2-8-5-13-10(18-8)6-14-12-11-9(3-4-17-11)15-7-16-12/h3-5,7H,2,6H2,1H3,(H,14,15,16). The Kier molecular flexibility index (Phi) is 3.21. The summed E-state index contributed by atoms with van der Waals surface area (Å²) in [5.74, 6) is 0.892. The first-order valence-electron chi connectivity index (χ1n) is 5.72. The van der Waals surface area contributed by atoms with Gasteiger partial charge < -0.3 is 5.32 Å². The predicted molar refractivity (Wildman–Crippen MR) is 76.2 cm³/mol. The smallest absolute Gasteiger partial charge is 0.147 e. The molecule has 0 saturated heterocycles. The van der Waals surface area contributed by atoms with Gasteiger partial charge >= 0.3 is 0 Å². The zero-order chi connectivity index (χ0) is 12.4. The van der Waals surface area contributed by atoms with Crippen LogP contribution in [0.4, 0.5) is 5.82 Å². The van der Waals surface area contributed by atoms with Gasteiger partial charge in [-0.1, -0.05) is 6.92 Å². The number of thiophene rings is 1. The molecule has 92 valence electrons. The van der Waals surface area contributed by atoms with E-state index in [4.69, 9.17) is 0 Å². The maximum absolute atomic E-state index is 4.39. The van der Waals surface area contributed by atoms with Crippen LogP contribution in [-0.4, -0.2) is 15.0 Å². The van der Waals surface area contributed by atoms with Crippen LogP contribution >= 0.6 is 22.7 Å². The molecule has 3 aromatic heterocycles. The summed E-state index contributed by atoms with van der Waals surface area (Å²) in [4.78, 5) is 14.2. The molecule has 3 aromatic rings. The van der Waals surface area contributed by atoms with Crippen molar-refractivity contribution in [3.8, 4) is 0 Å². The number of thiazole rings is 1. The molecule has 0 amide bonds. The van der Waals surface area contributed by atoms with Crippen LogP contribution in [0.3, 0.4) is 0 Å². The van der Waals surface area contributed by atoms with Crippen LogP contribution in [0.1, 0.15) is 16.8 Å². The summed E-state index contributed by atoms with van der Waals surface area (Å²) in [5.41, 5.74) is 0.992. The fourth-order valence-electron chi connectivity index (χ4n) is 1.67. The van der Waals surface area contributed by atoms with E-state index in [0.717, 1.165) is 27.5 Å². The first kappa shape index (κ1) is 11.6. The lowest BCUT2D eigenvalue weighted by atomic mass is 10.4. The molecule has 0 fully saturated rings. The third-order valence-electron chi connectivity index (χ3n) is 2.60. The van der Waals surface area contributed by atoms with Crippen molar-refractivity contribution in [2.24, 2.45) is 0 Å². The van der Waals surface area contributed by atoms with Gasteiger partial charge in [-0.15, -0.1) is 22.7 Å². The molecular weight excluding hydrogens is 264 g/mol. The number of fused-ring (bicyclic) bond motifs is 1. The average Bonchev–Trinajstić information content (AvgIpc) is 3.05. The topological polar surface area (TPSA) is 50.7 Å². The first-order chi connectivity index (χ1) is 8.86. The third kappa shape index (κ3) is 2.21. The number of anilines is 1. The van der Waals surface area contributed by atoms with Gasteiger partial charge in [-0.05, 0) is 17.9 Å². The lowest BCUT2D eigenvalue weighted by Crippen LogP contribution is -2.01. The summed E-state index contributed by atoms with van der Waals surface area (Å²) >= 11 is 3.40. The molecule has 0 aliphatic rings. The highest BCUT2D eigenvalue weighted by molar-refractivity contribution is 7.17. The predicted octanol–water partition coefficient (Wildman–Crippen LogP) is 3.32. The highest BCUT2D eigenvalue weighted by atomic mass is 32.1. The number of hydrogen-bond donors (Lipinski definition) is 1. The molecule has 0 aliphatic heterocycles. The van der Waals surface area contributed by atoms with E-state index in [9.17, 15) is 0 Å². The number of rotatable bonds is 4. The van der Waals surface area contributed by atoms with Crippen molar-refractivity contribution >= 4 is 38.7 Å². The van der Waals surface area contributed by atoms with Crippen LogP contribution < -0.4 is 5.32 Å². The molecule has 0 bridgehead atoms. The number of hydrogen-bond acceptors (Lipinski definition) is 6. The lowest BCUT2D eigenvalue weighted by Gasteiger charge is -2.03. The second kappa shape index (κ2) is 4.99. The lowest BCUT2D eigenvalue weighted by molar-refractivity contribution is 1.07. The molecular formula is C12H12N4S2. The second-order valence-electron chi connectivity index (χ2n) is 3.78. The zero-order valence-electron chi connectivity index (χ0n) is 9.88. The number of nitrogens with zero attached hydrogens (tertiary/aromatic N) is 3. The Morgan fingerprint density at radius 3 is 3.06 bits per heavy atom. The van der Waals surface area contributed by atoms with E-state index >= 15 is 0 Å². The van der Waals surface area contributed by atoms with Crippen molar-refractivity contribution in [3.05, 3.63) is 33.9 Å². The highest BCUT2D eigenvalue weighted by Crippen LogP contribution is 2.25.